The van der Waals surface area contributed by atoms with Crippen LogP contribution in [0.15, 0.2) is 22.7 Å². The number of nitrogens with one attached hydrogen (secondary N) is 1. The molecule has 0 radical (unpaired) electrons. The van der Waals surface area contributed by atoms with Gasteiger partial charge in [0.25, 0.3) is 0 Å². The second-order valence-corrected chi connectivity index (χ2v) is 7.30. The van der Waals surface area contributed by atoms with E-state index in [2.05, 4.69) is 42.0 Å². The molecule has 1 aromatic rings. The van der Waals surface area contributed by atoms with E-state index in [1.165, 1.54) is 12.1 Å². The summed E-state index contributed by atoms with van der Waals surface area (Å²) >= 11 is 2.98. The third-order valence-electron chi connectivity index (χ3n) is 3.33. The van der Waals surface area contributed by atoms with Crippen LogP contribution in [-0.2, 0) is 6.18 Å². The summed E-state index contributed by atoms with van der Waals surface area (Å²) in [6.07, 6.45) is -2.58. The molecular weight excluding hydrogens is 343 g/mol. The predicted octanol–water partition coefficient (Wildman–Crippen LogP) is 5.94. The van der Waals surface area contributed by atoms with Crippen LogP contribution in [0.25, 0.3) is 0 Å². The lowest BCUT2D eigenvalue weighted by molar-refractivity contribution is -0.138. The summed E-state index contributed by atoms with van der Waals surface area (Å²) < 4.78 is 39.1. The first-order valence-corrected chi connectivity index (χ1v) is 7.94. The van der Waals surface area contributed by atoms with Crippen molar-refractivity contribution >= 4 is 15.9 Å². The highest BCUT2D eigenvalue weighted by Gasteiger charge is 2.33. The Balaban J connectivity index is 3.03. The van der Waals surface area contributed by atoms with Gasteiger partial charge in [-0.15, -0.1) is 0 Å². The van der Waals surface area contributed by atoms with Crippen LogP contribution < -0.4 is 5.32 Å². The fourth-order valence-corrected chi connectivity index (χ4v) is 2.66. The topological polar surface area (TPSA) is 12.0 Å². The van der Waals surface area contributed by atoms with E-state index in [0.29, 0.717) is 5.56 Å². The van der Waals surface area contributed by atoms with E-state index in [1.807, 2.05) is 6.92 Å². The van der Waals surface area contributed by atoms with Gasteiger partial charge in [0.2, 0.25) is 0 Å². The van der Waals surface area contributed by atoms with Crippen molar-refractivity contribution in [3.63, 3.8) is 0 Å². The van der Waals surface area contributed by atoms with E-state index in [0.717, 1.165) is 19.4 Å². The van der Waals surface area contributed by atoms with Crippen molar-refractivity contribution in [3.05, 3.63) is 33.8 Å². The molecule has 0 amide bonds. The summed E-state index contributed by atoms with van der Waals surface area (Å²) in [7, 11) is 0. The molecule has 0 aliphatic rings. The standard InChI is InChI=1S/C16H23BrF3N/c1-5-21-14(8-9-15(2,3)4)11-6-7-13(17)12(10-11)16(18,19)20/h6-7,10,14,21H,5,8-9H2,1-4H3. The number of benzene rings is 1. The molecule has 1 aromatic carbocycles. The third kappa shape index (κ3) is 5.99. The molecule has 0 bridgehead atoms. The summed E-state index contributed by atoms with van der Waals surface area (Å²) in [6, 6.07) is 4.44. The molecule has 0 fully saturated rings. The maximum atomic E-state index is 13.0. The SMILES string of the molecule is CCNC(CCC(C)(C)C)c1ccc(Br)c(C(F)(F)F)c1. The Bertz CT molecular complexity index is 464. The predicted molar refractivity (Wildman–Crippen MR) is 84.3 cm³/mol. The van der Waals surface area contributed by atoms with Crippen molar-refractivity contribution in [2.45, 2.75) is 52.8 Å². The average Bonchev–Trinajstić information content (AvgIpc) is 2.33. The van der Waals surface area contributed by atoms with Crippen LogP contribution in [0.3, 0.4) is 0 Å². The average molecular weight is 366 g/mol. The summed E-state index contributed by atoms with van der Waals surface area (Å²) in [5.74, 6) is 0. The van der Waals surface area contributed by atoms with Gasteiger partial charge in [-0.1, -0.05) is 49.7 Å². The normalized spacial score (nSPS) is 14.3. The molecule has 0 saturated carbocycles. The van der Waals surface area contributed by atoms with Gasteiger partial charge in [0.15, 0.2) is 0 Å². The van der Waals surface area contributed by atoms with Gasteiger partial charge in [-0.25, -0.2) is 0 Å². The van der Waals surface area contributed by atoms with Gasteiger partial charge in [-0.3, -0.25) is 0 Å². The molecule has 120 valence electrons. The molecule has 1 rings (SSSR count). The third-order valence-corrected chi connectivity index (χ3v) is 4.02. The molecule has 1 N–H and O–H groups in total. The Morgan fingerprint density at radius 1 is 1.19 bits per heavy atom. The van der Waals surface area contributed by atoms with Gasteiger partial charge in [-0.05, 0) is 42.5 Å². The first-order chi connectivity index (χ1) is 9.54. The molecule has 0 aliphatic carbocycles. The lowest BCUT2D eigenvalue weighted by Gasteiger charge is -2.25. The number of hydrogen-bond donors (Lipinski definition) is 1. The minimum absolute atomic E-state index is 0.0524. The first kappa shape index (κ1) is 18.5. The molecule has 0 heterocycles. The Labute approximate surface area is 133 Å². The van der Waals surface area contributed by atoms with E-state index >= 15 is 0 Å². The second kappa shape index (κ2) is 7.14. The summed E-state index contributed by atoms with van der Waals surface area (Å²) in [4.78, 5) is 0. The van der Waals surface area contributed by atoms with Gasteiger partial charge in [-0.2, -0.15) is 13.2 Å². The molecule has 0 spiro atoms. The Kier molecular flexibility index (Phi) is 6.29. The van der Waals surface area contributed by atoms with E-state index in [4.69, 9.17) is 0 Å². The maximum absolute atomic E-state index is 13.0. The zero-order valence-electron chi connectivity index (χ0n) is 12.9. The van der Waals surface area contributed by atoms with E-state index < -0.39 is 11.7 Å². The molecule has 0 saturated heterocycles. The number of hydrogen-bond acceptors (Lipinski definition) is 1. The quantitative estimate of drug-likeness (QED) is 0.680. The molecule has 1 atom stereocenters. The largest absolute Gasteiger partial charge is 0.417 e. The summed E-state index contributed by atoms with van der Waals surface area (Å²) in [5.41, 5.74) is 0.242. The van der Waals surface area contributed by atoms with Crippen molar-refractivity contribution in [1.29, 1.82) is 0 Å². The van der Waals surface area contributed by atoms with Crippen LogP contribution in [0, 0.1) is 5.41 Å². The molecule has 21 heavy (non-hydrogen) atoms. The van der Waals surface area contributed by atoms with Crippen LogP contribution >= 0.6 is 15.9 Å². The summed E-state index contributed by atoms with van der Waals surface area (Å²) in [6.45, 7) is 9.11. The molecule has 0 aliphatic heterocycles. The van der Waals surface area contributed by atoms with Crippen LogP contribution in [0.2, 0.25) is 0 Å². The Morgan fingerprint density at radius 2 is 1.81 bits per heavy atom. The fraction of sp³-hybridized carbons (Fsp3) is 0.625. The van der Waals surface area contributed by atoms with Gasteiger partial charge < -0.3 is 5.32 Å². The maximum Gasteiger partial charge on any atom is 0.417 e. The van der Waals surface area contributed by atoms with Crippen LogP contribution in [-0.4, -0.2) is 6.54 Å². The number of alkyl halides is 3. The van der Waals surface area contributed by atoms with E-state index in [-0.39, 0.29) is 15.9 Å². The van der Waals surface area contributed by atoms with Gasteiger partial charge >= 0.3 is 6.18 Å². The van der Waals surface area contributed by atoms with E-state index in [9.17, 15) is 13.2 Å². The van der Waals surface area contributed by atoms with Gasteiger partial charge in [0.05, 0.1) is 5.56 Å². The van der Waals surface area contributed by atoms with Crippen LogP contribution in [0.1, 0.15) is 57.7 Å². The molecule has 5 heteroatoms. The second-order valence-electron chi connectivity index (χ2n) is 6.45. The van der Waals surface area contributed by atoms with Crippen molar-refractivity contribution in [2.24, 2.45) is 5.41 Å². The Hall–Kier alpha value is -0.550. The van der Waals surface area contributed by atoms with E-state index in [1.54, 1.807) is 6.07 Å². The number of rotatable bonds is 5. The van der Waals surface area contributed by atoms with Gasteiger partial charge in [0, 0.05) is 10.5 Å². The van der Waals surface area contributed by atoms with Crippen molar-refractivity contribution in [3.8, 4) is 0 Å². The molecular formula is C16H23BrF3N. The zero-order chi connectivity index (χ0) is 16.3. The monoisotopic (exact) mass is 365 g/mol. The molecule has 1 unspecified atom stereocenters. The van der Waals surface area contributed by atoms with Crippen LogP contribution in [0.5, 0.6) is 0 Å². The zero-order valence-corrected chi connectivity index (χ0v) is 14.5. The lowest BCUT2D eigenvalue weighted by atomic mass is 9.87. The smallest absolute Gasteiger partial charge is 0.310 e. The summed E-state index contributed by atoms with van der Waals surface area (Å²) in [5, 5.41) is 3.29. The Morgan fingerprint density at radius 3 is 2.29 bits per heavy atom. The first-order valence-electron chi connectivity index (χ1n) is 7.14. The number of halogens is 4. The van der Waals surface area contributed by atoms with Crippen LogP contribution in [0.4, 0.5) is 13.2 Å². The van der Waals surface area contributed by atoms with Crippen molar-refractivity contribution in [2.75, 3.05) is 6.54 Å². The fourth-order valence-electron chi connectivity index (χ4n) is 2.19. The highest BCUT2D eigenvalue weighted by Crippen LogP contribution is 2.37. The van der Waals surface area contributed by atoms with Crippen molar-refractivity contribution < 1.29 is 13.2 Å². The molecule has 1 nitrogen and oxygen atoms in total. The van der Waals surface area contributed by atoms with Gasteiger partial charge in [0.1, 0.15) is 0 Å². The minimum Gasteiger partial charge on any atom is -0.310 e. The highest BCUT2D eigenvalue weighted by molar-refractivity contribution is 9.10. The lowest BCUT2D eigenvalue weighted by Crippen LogP contribution is -2.23. The highest BCUT2D eigenvalue weighted by atomic mass is 79.9. The minimum atomic E-state index is -4.34. The van der Waals surface area contributed by atoms with Crippen molar-refractivity contribution in [1.82, 2.24) is 5.32 Å². The molecule has 0 aromatic heterocycles.